The number of aromatic nitrogens is 4. The summed E-state index contributed by atoms with van der Waals surface area (Å²) >= 11 is 0. The van der Waals surface area contributed by atoms with E-state index < -0.39 is 11.5 Å². The van der Waals surface area contributed by atoms with E-state index in [9.17, 15) is 9.59 Å². The maximum atomic E-state index is 12.1. The monoisotopic (exact) mass is 307 g/mol. The molecule has 0 spiro atoms. The lowest BCUT2D eigenvalue weighted by Crippen LogP contribution is -2.29. The fraction of sp³-hybridized carbons (Fsp3) is 0.0625. The molecule has 0 aromatic carbocycles. The van der Waals surface area contributed by atoms with Crippen LogP contribution in [0.3, 0.4) is 0 Å². The van der Waals surface area contributed by atoms with Gasteiger partial charge in [0.1, 0.15) is 11.4 Å². The molecule has 1 amide bonds. The standard InChI is InChI=1S/C16H13N5O2/c22-15(20-8-11-3-6-17-7-4-11)13-10-19-14(21-16(13)23)12-2-1-5-18-9-12/h1-7,9-10H,8H2,(H,20,22)(H,19,21,23). The molecule has 0 bridgehead atoms. The maximum absolute atomic E-state index is 12.1. The van der Waals surface area contributed by atoms with Crippen LogP contribution in [0.1, 0.15) is 15.9 Å². The minimum Gasteiger partial charge on any atom is -0.348 e. The summed E-state index contributed by atoms with van der Waals surface area (Å²) in [5, 5.41) is 2.68. The summed E-state index contributed by atoms with van der Waals surface area (Å²) in [6.45, 7) is 0.311. The number of amides is 1. The lowest BCUT2D eigenvalue weighted by molar-refractivity contribution is 0.0949. The van der Waals surface area contributed by atoms with Crippen molar-refractivity contribution in [3.05, 3.63) is 76.7 Å². The Morgan fingerprint density at radius 3 is 2.61 bits per heavy atom. The smallest absolute Gasteiger partial charge is 0.264 e. The maximum Gasteiger partial charge on any atom is 0.264 e. The highest BCUT2D eigenvalue weighted by molar-refractivity contribution is 5.93. The highest BCUT2D eigenvalue weighted by atomic mass is 16.2. The molecule has 2 N–H and O–H groups in total. The van der Waals surface area contributed by atoms with Gasteiger partial charge in [-0.1, -0.05) is 0 Å². The van der Waals surface area contributed by atoms with Gasteiger partial charge in [0.15, 0.2) is 0 Å². The van der Waals surface area contributed by atoms with Crippen LogP contribution in [0.15, 0.2) is 60.0 Å². The predicted octanol–water partition coefficient (Wildman–Crippen LogP) is 1.16. The molecule has 3 aromatic heterocycles. The molecule has 0 aliphatic rings. The van der Waals surface area contributed by atoms with Gasteiger partial charge >= 0.3 is 0 Å². The molecule has 3 rings (SSSR count). The zero-order valence-corrected chi connectivity index (χ0v) is 12.1. The van der Waals surface area contributed by atoms with Crippen molar-refractivity contribution in [2.45, 2.75) is 6.54 Å². The molecule has 7 heteroatoms. The number of nitrogens with zero attached hydrogens (tertiary/aromatic N) is 3. The number of hydrogen-bond acceptors (Lipinski definition) is 5. The number of pyridine rings is 2. The van der Waals surface area contributed by atoms with Gasteiger partial charge in [-0.3, -0.25) is 19.6 Å². The Kier molecular flexibility index (Phi) is 4.19. The van der Waals surface area contributed by atoms with Gasteiger partial charge in [0.05, 0.1) is 0 Å². The molecule has 0 aliphatic carbocycles. The van der Waals surface area contributed by atoms with Gasteiger partial charge in [-0.25, -0.2) is 4.98 Å². The van der Waals surface area contributed by atoms with Crippen molar-refractivity contribution in [2.24, 2.45) is 0 Å². The van der Waals surface area contributed by atoms with Crippen LogP contribution in [0, 0.1) is 0 Å². The topological polar surface area (TPSA) is 101 Å². The molecular formula is C16H13N5O2. The van der Waals surface area contributed by atoms with E-state index in [2.05, 4.69) is 25.3 Å². The molecule has 23 heavy (non-hydrogen) atoms. The van der Waals surface area contributed by atoms with Gasteiger partial charge in [0, 0.05) is 43.1 Å². The van der Waals surface area contributed by atoms with Crippen molar-refractivity contribution >= 4 is 5.91 Å². The van der Waals surface area contributed by atoms with Crippen molar-refractivity contribution < 1.29 is 4.79 Å². The quantitative estimate of drug-likeness (QED) is 0.753. The molecule has 0 unspecified atom stereocenters. The number of carbonyl (C=O) groups excluding carboxylic acids is 1. The van der Waals surface area contributed by atoms with Crippen LogP contribution in [-0.2, 0) is 6.54 Å². The minimum absolute atomic E-state index is 0.0355. The molecule has 0 fully saturated rings. The number of carbonyl (C=O) groups is 1. The van der Waals surface area contributed by atoms with Gasteiger partial charge in [-0.2, -0.15) is 0 Å². The van der Waals surface area contributed by atoms with Crippen molar-refractivity contribution in [1.82, 2.24) is 25.3 Å². The van der Waals surface area contributed by atoms with E-state index in [1.54, 1.807) is 49.1 Å². The first-order valence-electron chi connectivity index (χ1n) is 6.91. The van der Waals surface area contributed by atoms with Crippen molar-refractivity contribution in [3.8, 4) is 11.4 Å². The predicted molar refractivity (Wildman–Crippen MR) is 83.5 cm³/mol. The molecule has 0 aliphatic heterocycles. The number of rotatable bonds is 4. The third-order valence-electron chi connectivity index (χ3n) is 3.18. The van der Waals surface area contributed by atoms with Crippen molar-refractivity contribution in [3.63, 3.8) is 0 Å². The molecule has 7 nitrogen and oxygen atoms in total. The highest BCUT2D eigenvalue weighted by Crippen LogP contribution is 2.10. The van der Waals surface area contributed by atoms with Gasteiger partial charge in [0.2, 0.25) is 0 Å². The fourth-order valence-corrected chi connectivity index (χ4v) is 1.98. The van der Waals surface area contributed by atoms with Gasteiger partial charge < -0.3 is 10.3 Å². The van der Waals surface area contributed by atoms with Crippen LogP contribution in [0.5, 0.6) is 0 Å². The Balaban J connectivity index is 1.75. The van der Waals surface area contributed by atoms with Crippen LogP contribution in [-0.4, -0.2) is 25.8 Å². The van der Waals surface area contributed by atoms with Gasteiger partial charge in [0.25, 0.3) is 11.5 Å². The van der Waals surface area contributed by atoms with Crippen LogP contribution in [0.2, 0.25) is 0 Å². The van der Waals surface area contributed by atoms with Crippen molar-refractivity contribution in [2.75, 3.05) is 0 Å². The van der Waals surface area contributed by atoms with E-state index in [4.69, 9.17) is 0 Å². The molecule has 0 atom stereocenters. The second-order valence-corrected chi connectivity index (χ2v) is 4.75. The Hall–Kier alpha value is -3.35. The largest absolute Gasteiger partial charge is 0.348 e. The highest BCUT2D eigenvalue weighted by Gasteiger charge is 2.12. The first-order valence-corrected chi connectivity index (χ1v) is 6.91. The summed E-state index contributed by atoms with van der Waals surface area (Å²) < 4.78 is 0. The Morgan fingerprint density at radius 2 is 1.91 bits per heavy atom. The zero-order valence-electron chi connectivity index (χ0n) is 12.1. The first kappa shape index (κ1) is 14.6. The third kappa shape index (κ3) is 3.46. The third-order valence-corrected chi connectivity index (χ3v) is 3.18. The summed E-state index contributed by atoms with van der Waals surface area (Å²) in [6, 6.07) is 7.08. The van der Waals surface area contributed by atoms with Crippen LogP contribution >= 0.6 is 0 Å². The zero-order chi connectivity index (χ0) is 16.1. The first-order chi connectivity index (χ1) is 11.2. The normalized spacial score (nSPS) is 10.3. The van der Waals surface area contributed by atoms with E-state index in [0.717, 1.165) is 5.56 Å². The summed E-state index contributed by atoms with van der Waals surface area (Å²) in [7, 11) is 0. The van der Waals surface area contributed by atoms with E-state index in [1.807, 2.05) is 0 Å². The number of aromatic amines is 1. The second kappa shape index (κ2) is 6.61. The minimum atomic E-state index is -0.494. The molecular weight excluding hydrogens is 294 g/mol. The van der Waals surface area contributed by atoms with E-state index >= 15 is 0 Å². The summed E-state index contributed by atoms with van der Waals surface area (Å²) in [6.07, 6.45) is 7.75. The number of hydrogen-bond donors (Lipinski definition) is 2. The molecule has 114 valence electrons. The Morgan fingerprint density at radius 1 is 1.09 bits per heavy atom. The van der Waals surface area contributed by atoms with E-state index in [-0.39, 0.29) is 5.56 Å². The Labute approximate surface area is 131 Å². The molecule has 0 saturated carbocycles. The number of H-pyrrole nitrogens is 1. The summed E-state index contributed by atoms with van der Waals surface area (Å²) in [5.74, 6) is -0.109. The summed E-state index contributed by atoms with van der Waals surface area (Å²) in [5.41, 5.74) is 1.04. The SMILES string of the molecule is O=C(NCc1ccncc1)c1cnc(-c2cccnc2)[nH]c1=O. The lowest BCUT2D eigenvalue weighted by atomic mass is 10.2. The van der Waals surface area contributed by atoms with Crippen molar-refractivity contribution in [1.29, 1.82) is 0 Å². The lowest BCUT2D eigenvalue weighted by Gasteiger charge is -2.05. The Bertz CT molecular complexity index is 862. The fourth-order valence-electron chi connectivity index (χ4n) is 1.98. The average Bonchev–Trinajstić information content (AvgIpc) is 2.61. The van der Waals surface area contributed by atoms with Crippen LogP contribution < -0.4 is 10.9 Å². The summed E-state index contributed by atoms with van der Waals surface area (Å²) in [4.78, 5) is 38.7. The molecule has 3 heterocycles. The molecule has 0 saturated heterocycles. The van der Waals surface area contributed by atoms with Gasteiger partial charge in [-0.15, -0.1) is 0 Å². The average molecular weight is 307 g/mol. The number of nitrogens with one attached hydrogen (secondary N) is 2. The molecule has 0 radical (unpaired) electrons. The van der Waals surface area contributed by atoms with Crippen LogP contribution in [0.4, 0.5) is 0 Å². The van der Waals surface area contributed by atoms with E-state index in [0.29, 0.717) is 17.9 Å². The van der Waals surface area contributed by atoms with Crippen LogP contribution in [0.25, 0.3) is 11.4 Å². The van der Waals surface area contributed by atoms with E-state index in [1.165, 1.54) is 6.20 Å². The van der Waals surface area contributed by atoms with Gasteiger partial charge in [-0.05, 0) is 29.8 Å². The second-order valence-electron chi connectivity index (χ2n) is 4.75. The molecule has 3 aromatic rings.